The van der Waals surface area contributed by atoms with Crippen LogP contribution >= 0.6 is 0 Å². The number of likely N-dealkylation sites (tertiary alicyclic amines) is 2. The summed E-state index contributed by atoms with van der Waals surface area (Å²) in [6, 6.07) is 13.4. The quantitative estimate of drug-likeness (QED) is 0.662. The first-order valence-electron chi connectivity index (χ1n) is 10.8. The number of phenolic OH excluding ortho intramolecular Hbond substituents is 2. The summed E-state index contributed by atoms with van der Waals surface area (Å²) >= 11 is 0. The second kappa shape index (κ2) is 9.30. The number of aromatic hydroxyl groups is 2. The minimum atomic E-state index is -0.376. The molecule has 8 nitrogen and oxygen atoms in total. The molecule has 0 radical (unpaired) electrons. The van der Waals surface area contributed by atoms with Gasteiger partial charge in [-0.25, -0.2) is 0 Å². The van der Waals surface area contributed by atoms with Crippen LogP contribution in [0.25, 0.3) is 0 Å². The highest BCUT2D eigenvalue weighted by molar-refractivity contribution is 5.95. The molecular formula is C24H27N3O5. The lowest BCUT2D eigenvalue weighted by atomic mass is 10.0. The Kier molecular flexibility index (Phi) is 6.30. The van der Waals surface area contributed by atoms with Crippen molar-refractivity contribution in [1.29, 1.82) is 0 Å². The molecule has 0 spiro atoms. The smallest absolute Gasteiger partial charge is 0.251 e. The zero-order valence-corrected chi connectivity index (χ0v) is 17.7. The van der Waals surface area contributed by atoms with Gasteiger partial charge in [0, 0.05) is 50.3 Å². The predicted molar refractivity (Wildman–Crippen MR) is 117 cm³/mol. The second-order valence-electron chi connectivity index (χ2n) is 8.47. The van der Waals surface area contributed by atoms with Crippen LogP contribution in [0.3, 0.4) is 0 Å². The number of phenols is 2. The number of carbonyl (C=O) groups excluding carboxylic acids is 3. The van der Waals surface area contributed by atoms with Gasteiger partial charge in [-0.3, -0.25) is 14.4 Å². The van der Waals surface area contributed by atoms with Crippen molar-refractivity contribution in [2.45, 2.75) is 31.8 Å². The lowest BCUT2D eigenvalue weighted by Crippen LogP contribution is -2.48. The molecule has 4 rings (SSSR count). The molecule has 168 valence electrons. The molecule has 2 aliphatic heterocycles. The number of nitrogens with zero attached hydrogens (tertiary/aromatic N) is 2. The van der Waals surface area contributed by atoms with Gasteiger partial charge in [0.2, 0.25) is 11.8 Å². The van der Waals surface area contributed by atoms with Crippen molar-refractivity contribution >= 4 is 17.7 Å². The average Bonchev–Trinajstić information content (AvgIpc) is 3.14. The third-order valence-corrected chi connectivity index (χ3v) is 6.09. The molecule has 2 aromatic carbocycles. The van der Waals surface area contributed by atoms with E-state index in [1.165, 1.54) is 12.1 Å². The zero-order chi connectivity index (χ0) is 22.7. The van der Waals surface area contributed by atoms with Crippen molar-refractivity contribution in [3.63, 3.8) is 0 Å². The SMILES string of the molecule is O=C(NC1CCN(C(=O)C2CC(=O)N(Cc3ccccc3)C2)CC1)c1cc(O)cc(O)c1. The lowest BCUT2D eigenvalue weighted by molar-refractivity contribution is -0.136. The van der Waals surface area contributed by atoms with E-state index in [4.69, 9.17) is 0 Å². The molecular weight excluding hydrogens is 410 g/mol. The van der Waals surface area contributed by atoms with Crippen LogP contribution in [0.2, 0.25) is 0 Å². The first-order chi connectivity index (χ1) is 15.4. The van der Waals surface area contributed by atoms with Crippen LogP contribution in [0.1, 0.15) is 35.2 Å². The normalized spacial score (nSPS) is 19.2. The number of hydrogen-bond donors (Lipinski definition) is 3. The molecule has 3 amide bonds. The zero-order valence-electron chi connectivity index (χ0n) is 17.7. The van der Waals surface area contributed by atoms with Crippen LogP contribution in [0.15, 0.2) is 48.5 Å². The van der Waals surface area contributed by atoms with Crippen molar-refractivity contribution in [3.05, 3.63) is 59.7 Å². The Hall–Kier alpha value is -3.55. The van der Waals surface area contributed by atoms with Gasteiger partial charge in [0.25, 0.3) is 5.91 Å². The van der Waals surface area contributed by atoms with Gasteiger partial charge < -0.3 is 25.3 Å². The summed E-state index contributed by atoms with van der Waals surface area (Å²) in [5, 5.41) is 22.0. The number of piperidine rings is 1. The standard InChI is InChI=1S/C24H27N3O5/c28-20-10-17(11-21(29)13-20)23(31)25-19-6-8-26(9-7-19)24(32)18-12-22(30)27(15-18)14-16-4-2-1-3-5-16/h1-5,10-11,13,18-19,28-29H,6-9,12,14-15H2,(H,25,31). The molecule has 0 bridgehead atoms. The maximum atomic E-state index is 13.0. The molecule has 8 heteroatoms. The summed E-state index contributed by atoms with van der Waals surface area (Å²) in [5.74, 6) is -1.06. The van der Waals surface area contributed by atoms with Gasteiger partial charge in [0.1, 0.15) is 11.5 Å². The minimum Gasteiger partial charge on any atom is -0.508 e. The van der Waals surface area contributed by atoms with Gasteiger partial charge in [-0.15, -0.1) is 0 Å². The molecule has 2 saturated heterocycles. The monoisotopic (exact) mass is 437 g/mol. The Labute approximate surface area is 186 Å². The predicted octanol–water partition coefficient (Wildman–Crippen LogP) is 1.87. The van der Waals surface area contributed by atoms with E-state index >= 15 is 0 Å². The Morgan fingerprint density at radius 3 is 2.31 bits per heavy atom. The van der Waals surface area contributed by atoms with Crippen molar-refractivity contribution < 1.29 is 24.6 Å². The fraction of sp³-hybridized carbons (Fsp3) is 0.375. The maximum absolute atomic E-state index is 13.0. The van der Waals surface area contributed by atoms with E-state index in [-0.39, 0.29) is 53.2 Å². The van der Waals surface area contributed by atoms with E-state index in [1.54, 1.807) is 9.80 Å². The van der Waals surface area contributed by atoms with E-state index in [9.17, 15) is 24.6 Å². The van der Waals surface area contributed by atoms with Crippen molar-refractivity contribution in [2.24, 2.45) is 5.92 Å². The van der Waals surface area contributed by atoms with Crippen LogP contribution in [0.4, 0.5) is 0 Å². The summed E-state index contributed by atoms with van der Waals surface area (Å²) in [4.78, 5) is 41.3. The summed E-state index contributed by atoms with van der Waals surface area (Å²) in [7, 11) is 0. The summed E-state index contributed by atoms with van der Waals surface area (Å²) in [5.41, 5.74) is 1.23. The molecule has 32 heavy (non-hydrogen) atoms. The first kappa shape index (κ1) is 21.7. The van der Waals surface area contributed by atoms with Gasteiger partial charge in [-0.05, 0) is 30.5 Å². The van der Waals surface area contributed by atoms with E-state index in [1.807, 2.05) is 30.3 Å². The Morgan fingerprint density at radius 1 is 1.00 bits per heavy atom. The van der Waals surface area contributed by atoms with Crippen LogP contribution in [0, 0.1) is 5.92 Å². The van der Waals surface area contributed by atoms with Gasteiger partial charge in [0.15, 0.2) is 0 Å². The Bertz CT molecular complexity index is 982. The minimum absolute atomic E-state index is 0.00316. The number of benzene rings is 2. The van der Waals surface area contributed by atoms with Gasteiger partial charge in [0.05, 0.1) is 5.92 Å². The van der Waals surface area contributed by atoms with Crippen LogP contribution in [-0.2, 0) is 16.1 Å². The van der Waals surface area contributed by atoms with Gasteiger partial charge in [-0.2, -0.15) is 0 Å². The van der Waals surface area contributed by atoms with Crippen LogP contribution in [-0.4, -0.2) is 63.4 Å². The number of amides is 3. The third kappa shape index (κ3) is 5.01. The highest BCUT2D eigenvalue weighted by Crippen LogP contribution is 2.24. The van der Waals surface area contributed by atoms with Crippen molar-refractivity contribution in [3.8, 4) is 11.5 Å². The topological polar surface area (TPSA) is 110 Å². The maximum Gasteiger partial charge on any atom is 0.251 e. The first-order valence-corrected chi connectivity index (χ1v) is 10.8. The van der Waals surface area contributed by atoms with E-state index in [2.05, 4.69) is 5.32 Å². The van der Waals surface area contributed by atoms with Gasteiger partial charge in [-0.1, -0.05) is 30.3 Å². The number of hydrogen-bond acceptors (Lipinski definition) is 5. The largest absolute Gasteiger partial charge is 0.508 e. The molecule has 2 heterocycles. The number of rotatable bonds is 5. The third-order valence-electron chi connectivity index (χ3n) is 6.09. The molecule has 0 saturated carbocycles. The highest BCUT2D eigenvalue weighted by atomic mass is 16.3. The van der Waals surface area contributed by atoms with E-state index < -0.39 is 0 Å². The second-order valence-corrected chi connectivity index (χ2v) is 8.47. The highest BCUT2D eigenvalue weighted by Gasteiger charge is 2.37. The van der Waals surface area contributed by atoms with Crippen molar-refractivity contribution in [2.75, 3.05) is 19.6 Å². The van der Waals surface area contributed by atoms with Crippen LogP contribution < -0.4 is 5.32 Å². The molecule has 1 unspecified atom stereocenters. The molecule has 2 aromatic rings. The average molecular weight is 437 g/mol. The van der Waals surface area contributed by atoms with Gasteiger partial charge >= 0.3 is 0 Å². The lowest BCUT2D eigenvalue weighted by Gasteiger charge is -2.33. The molecule has 0 aliphatic carbocycles. The Balaban J connectivity index is 1.27. The molecule has 2 fully saturated rings. The van der Waals surface area contributed by atoms with E-state index in [0.29, 0.717) is 39.0 Å². The van der Waals surface area contributed by atoms with Crippen molar-refractivity contribution in [1.82, 2.24) is 15.1 Å². The molecule has 3 N–H and O–H groups in total. The summed E-state index contributed by atoms with van der Waals surface area (Å²) < 4.78 is 0. The molecule has 2 aliphatic rings. The number of nitrogens with one attached hydrogen (secondary N) is 1. The molecule has 0 aromatic heterocycles. The summed E-state index contributed by atoms with van der Waals surface area (Å²) in [6.07, 6.45) is 1.46. The fourth-order valence-electron chi connectivity index (χ4n) is 4.39. The van der Waals surface area contributed by atoms with Crippen LogP contribution in [0.5, 0.6) is 11.5 Å². The fourth-order valence-corrected chi connectivity index (χ4v) is 4.39. The Morgan fingerprint density at radius 2 is 1.66 bits per heavy atom. The number of carbonyl (C=O) groups is 3. The van der Waals surface area contributed by atoms with E-state index in [0.717, 1.165) is 11.6 Å². The molecule has 1 atom stereocenters. The summed E-state index contributed by atoms with van der Waals surface area (Å²) in [6.45, 7) is 1.98.